The van der Waals surface area contributed by atoms with E-state index in [4.69, 9.17) is 9.47 Å². The topological polar surface area (TPSA) is 18.5 Å². The monoisotopic (exact) mass is 314 g/mol. The molecule has 2 nitrogen and oxygen atoms in total. The Morgan fingerprint density at radius 2 is 1.84 bits per heavy atom. The maximum atomic E-state index is 12.3. The molecule has 0 N–H and O–H groups in total. The van der Waals surface area contributed by atoms with Gasteiger partial charge in [0.25, 0.3) is 0 Å². The number of thioether (sulfide) groups is 1. The minimum Gasteiger partial charge on any atom is -0.486 e. The largest absolute Gasteiger partial charge is 1.00 e. The second-order valence-electron chi connectivity index (χ2n) is 3.83. The second-order valence-corrected chi connectivity index (χ2v) is 4.88. The maximum Gasteiger partial charge on any atom is 1.00 e. The van der Waals surface area contributed by atoms with Crippen LogP contribution in [0.15, 0.2) is 35.1 Å². The molecule has 0 saturated heterocycles. The van der Waals surface area contributed by atoms with Crippen molar-refractivity contribution in [2.45, 2.75) is 4.90 Å². The molecule has 1 aliphatic rings. The Balaban J connectivity index is 0.00000180. The van der Waals surface area contributed by atoms with Gasteiger partial charge in [-0.1, -0.05) is 0 Å². The molecule has 0 aromatic heterocycles. The maximum absolute atomic E-state index is 12.3. The average Bonchev–Trinajstić information content (AvgIpc) is 2.34. The molecule has 0 amide bonds. The third-order valence-corrected chi connectivity index (χ3v) is 3.50. The molecule has 0 radical (unpaired) electrons. The van der Waals surface area contributed by atoms with Crippen LogP contribution in [0.4, 0.5) is 12.9 Å². The van der Waals surface area contributed by atoms with Gasteiger partial charge in [0.1, 0.15) is 13.2 Å². The summed E-state index contributed by atoms with van der Waals surface area (Å²) in [5.74, 6) is 1.04. The molecular weight excluding hydrogens is 303 g/mol. The zero-order valence-corrected chi connectivity index (χ0v) is 14.4. The predicted octanol–water partition coefficient (Wildman–Crippen LogP) is 0.497. The smallest absolute Gasteiger partial charge is 0.486 e. The molecule has 19 heavy (non-hydrogen) atoms. The molecule has 1 heterocycles. The predicted molar refractivity (Wildman–Crippen MR) is 66.4 cm³/mol. The summed E-state index contributed by atoms with van der Waals surface area (Å²) in [4.78, 5) is 0.709. The van der Waals surface area contributed by atoms with Gasteiger partial charge in [0.2, 0.25) is 0 Å². The molecule has 8 heteroatoms. The van der Waals surface area contributed by atoms with E-state index in [0.717, 1.165) is 11.8 Å². The van der Waals surface area contributed by atoms with Gasteiger partial charge >= 0.3 is 58.4 Å². The first-order valence-electron chi connectivity index (χ1n) is 5.37. The van der Waals surface area contributed by atoms with Crippen LogP contribution in [-0.2, 0) is 0 Å². The van der Waals surface area contributed by atoms with Crippen molar-refractivity contribution in [1.29, 1.82) is 0 Å². The fourth-order valence-corrected chi connectivity index (χ4v) is 2.28. The molecule has 1 aromatic rings. The van der Waals surface area contributed by atoms with E-state index in [1.54, 1.807) is 18.2 Å². The first-order valence-corrected chi connectivity index (χ1v) is 6.35. The molecule has 0 bridgehead atoms. The summed E-state index contributed by atoms with van der Waals surface area (Å²) in [5.41, 5.74) is -0.685. The number of fused-ring (bicyclic) bond motifs is 1. The van der Waals surface area contributed by atoms with Gasteiger partial charge in [0.15, 0.2) is 11.5 Å². The first-order chi connectivity index (χ1) is 8.47. The Bertz CT molecular complexity index is 468. The van der Waals surface area contributed by atoms with Gasteiger partial charge in [-0.3, -0.25) is 0 Å². The quantitative estimate of drug-likeness (QED) is 0.596. The van der Waals surface area contributed by atoms with Crippen molar-refractivity contribution in [2.24, 2.45) is 0 Å². The summed E-state index contributed by atoms with van der Waals surface area (Å²) in [5, 5.41) is 0. The van der Waals surface area contributed by atoms with Crippen LogP contribution in [0, 0.1) is 0 Å². The van der Waals surface area contributed by atoms with E-state index in [1.807, 2.05) is 0 Å². The van der Waals surface area contributed by atoms with Gasteiger partial charge in [-0.2, -0.15) is 0 Å². The van der Waals surface area contributed by atoms with E-state index in [1.165, 1.54) is 0 Å². The van der Waals surface area contributed by atoms with Crippen LogP contribution in [0.2, 0.25) is 0 Å². The minimum atomic E-state index is -4.95. The van der Waals surface area contributed by atoms with E-state index < -0.39 is 12.4 Å². The van der Waals surface area contributed by atoms with E-state index in [2.05, 4.69) is 6.58 Å². The van der Waals surface area contributed by atoms with E-state index in [-0.39, 0.29) is 57.1 Å². The molecule has 0 unspecified atom stereocenters. The molecule has 0 spiro atoms. The summed E-state index contributed by atoms with van der Waals surface area (Å²) >= 11 is 1.09. The fourth-order valence-electron chi connectivity index (χ4n) is 1.38. The van der Waals surface area contributed by atoms with Crippen molar-refractivity contribution in [1.82, 2.24) is 0 Å². The van der Waals surface area contributed by atoms with Crippen LogP contribution in [0.5, 0.6) is 11.5 Å². The molecular formula is C11H11BF3KO2S. The number of halogens is 3. The zero-order chi connectivity index (χ0) is 13.2. The molecule has 0 saturated carbocycles. The van der Waals surface area contributed by atoms with E-state index >= 15 is 0 Å². The number of rotatable bonds is 4. The van der Waals surface area contributed by atoms with Crippen molar-refractivity contribution >= 4 is 18.7 Å². The van der Waals surface area contributed by atoms with Crippen molar-refractivity contribution < 1.29 is 73.8 Å². The van der Waals surface area contributed by atoms with Gasteiger partial charge in [-0.05, 0) is 24.0 Å². The fraction of sp³-hybridized carbons (Fsp3) is 0.273. The molecule has 98 valence electrons. The van der Waals surface area contributed by atoms with Crippen LogP contribution in [0.1, 0.15) is 0 Å². The number of ether oxygens (including phenoxy) is 2. The Kier molecular flexibility index (Phi) is 6.82. The molecule has 2 rings (SSSR count). The van der Waals surface area contributed by atoms with Crippen molar-refractivity contribution in [3.05, 3.63) is 30.3 Å². The van der Waals surface area contributed by atoms with Gasteiger partial charge in [0, 0.05) is 4.90 Å². The third-order valence-electron chi connectivity index (χ3n) is 2.40. The summed E-state index contributed by atoms with van der Waals surface area (Å²) in [6.45, 7) is -0.949. The number of hydrogen-bond donors (Lipinski definition) is 0. The van der Waals surface area contributed by atoms with Crippen LogP contribution < -0.4 is 60.9 Å². The minimum absolute atomic E-state index is 0. The van der Waals surface area contributed by atoms with E-state index in [0.29, 0.717) is 29.6 Å². The normalized spacial score (nSPS) is 13.6. The molecule has 1 aromatic carbocycles. The zero-order valence-electron chi connectivity index (χ0n) is 10.5. The van der Waals surface area contributed by atoms with Gasteiger partial charge < -0.3 is 22.4 Å². The number of benzene rings is 1. The molecule has 0 atom stereocenters. The van der Waals surface area contributed by atoms with Crippen molar-refractivity contribution in [2.75, 3.05) is 19.0 Å². The average molecular weight is 314 g/mol. The Morgan fingerprint density at radius 1 is 1.21 bits per heavy atom. The van der Waals surface area contributed by atoms with Gasteiger partial charge in [-0.15, -0.1) is 23.8 Å². The van der Waals surface area contributed by atoms with Crippen LogP contribution >= 0.6 is 11.8 Å². The van der Waals surface area contributed by atoms with Crippen LogP contribution in [-0.4, -0.2) is 25.9 Å². The van der Waals surface area contributed by atoms with Crippen LogP contribution in [0.25, 0.3) is 0 Å². The Hall–Kier alpha value is 0.401. The van der Waals surface area contributed by atoms with Gasteiger partial charge in [-0.25, -0.2) is 0 Å². The SMILES string of the molecule is C=C(CSc1ccc2c(c1)OCCO2)[B-](F)(F)F.[K+]. The molecule has 0 aliphatic carbocycles. The third kappa shape index (κ3) is 5.02. The first kappa shape index (κ1) is 17.5. The van der Waals surface area contributed by atoms with Crippen molar-refractivity contribution in [3.8, 4) is 11.5 Å². The Labute approximate surface area is 156 Å². The molecule has 1 aliphatic heterocycles. The molecule has 0 fully saturated rings. The van der Waals surface area contributed by atoms with E-state index in [9.17, 15) is 12.9 Å². The summed E-state index contributed by atoms with van der Waals surface area (Å²) in [6.07, 6.45) is 0. The second kappa shape index (κ2) is 7.42. The standard InChI is InChI=1S/C11H11BF3O2S.K/c1-8(12(13,14)15)7-18-9-2-3-10-11(6-9)17-5-4-16-10;/h2-3,6H,1,4-5,7H2;/q-1;+1. The summed E-state index contributed by atoms with van der Waals surface area (Å²) in [6, 6.07) is 5.11. The van der Waals surface area contributed by atoms with Crippen molar-refractivity contribution in [3.63, 3.8) is 0 Å². The van der Waals surface area contributed by atoms with Crippen LogP contribution in [0.3, 0.4) is 0 Å². The van der Waals surface area contributed by atoms with Gasteiger partial charge in [0.05, 0.1) is 0 Å². The summed E-state index contributed by atoms with van der Waals surface area (Å²) in [7, 11) is 0. The Morgan fingerprint density at radius 3 is 2.47 bits per heavy atom. The summed E-state index contributed by atoms with van der Waals surface area (Å²) < 4.78 is 47.7. The number of hydrogen-bond acceptors (Lipinski definition) is 3.